The molecule has 0 unspecified atom stereocenters. The standard InChI is InChI=1S/C17H18F3NO/c1-12(21)9-13-5-7-16(8-6-13)22-11-14-3-2-4-15(10-14)17(18,19)20/h2-8,10,12H,9,11,21H2,1H3/t12-/m1/s1. The van der Waals surface area contributed by atoms with Gasteiger partial charge < -0.3 is 10.5 Å². The normalized spacial score (nSPS) is 13.0. The Morgan fingerprint density at radius 1 is 1.05 bits per heavy atom. The molecule has 118 valence electrons. The summed E-state index contributed by atoms with van der Waals surface area (Å²) in [6.07, 6.45) is -3.56. The summed E-state index contributed by atoms with van der Waals surface area (Å²) < 4.78 is 43.4. The highest BCUT2D eigenvalue weighted by atomic mass is 19.4. The molecule has 0 saturated heterocycles. The van der Waals surface area contributed by atoms with Gasteiger partial charge in [-0.2, -0.15) is 13.2 Å². The minimum atomic E-state index is -4.34. The Kier molecular flexibility index (Phi) is 5.08. The van der Waals surface area contributed by atoms with E-state index in [1.165, 1.54) is 6.07 Å². The molecule has 0 saturated carbocycles. The predicted molar refractivity (Wildman–Crippen MR) is 79.6 cm³/mol. The minimum Gasteiger partial charge on any atom is -0.489 e. The molecule has 0 amide bonds. The van der Waals surface area contributed by atoms with E-state index in [9.17, 15) is 13.2 Å². The fraction of sp³-hybridized carbons (Fsp3) is 0.294. The molecule has 0 heterocycles. The van der Waals surface area contributed by atoms with Crippen molar-refractivity contribution in [1.29, 1.82) is 0 Å². The Morgan fingerprint density at radius 2 is 1.73 bits per heavy atom. The molecule has 0 aliphatic rings. The zero-order chi connectivity index (χ0) is 16.2. The monoisotopic (exact) mass is 309 g/mol. The van der Waals surface area contributed by atoms with Crippen molar-refractivity contribution in [2.24, 2.45) is 5.73 Å². The molecule has 22 heavy (non-hydrogen) atoms. The fourth-order valence-electron chi connectivity index (χ4n) is 2.10. The maximum Gasteiger partial charge on any atom is 0.416 e. The molecule has 2 aromatic carbocycles. The second-order valence-corrected chi connectivity index (χ2v) is 5.31. The van der Waals surface area contributed by atoms with Crippen LogP contribution in [0.2, 0.25) is 0 Å². The first kappa shape index (κ1) is 16.4. The lowest BCUT2D eigenvalue weighted by Gasteiger charge is -2.11. The lowest BCUT2D eigenvalue weighted by atomic mass is 10.1. The van der Waals surface area contributed by atoms with Crippen LogP contribution in [0, 0.1) is 0 Å². The average Bonchev–Trinajstić information content (AvgIpc) is 2.45. The number of halogens is 3. The SMILES string of the molecule is C[C@@H](N)Cc1ccc(OCc2cccc(C(F)(F)F)c2)cc1. The number of ether oxygens (including phenoxy) is 1. The topological polar surface area (TPSA) is 35.2 Å². The molecular formula is C17H18F3NO. The summed E-state index contributed by atoms with van der Waals surface area (Å²) in [4.78, 5) is 0. The molecular weight excluding hydrogens is 291 g/mol. The number of alkyl halides is 3. The van der Waals surface area contributed by atoms with E-state index in [2.05, 4.69) is 0 Å². The van der Waals surface area contributed by atoms with Crippen LogP contribution in [0.5, 0.6) is 5.75 Å². The summed E-state index contributed by atoms with van der Waals surface area (Å²) in [5, 5.41) is 0. The van der Waals surface area contributed by atoms with Gasteiger partial charge in [-0.25, -0.2) is 0 Å². The van der Waals surface area contributed by atoms with Crippen LogP contribution >= 0.6 is 0 Å². The maximum absolute atomic E-state index is 12.6. The maximum atomic E-state index is 12.6. The molecule has 2 N–H and O–H groups in total. The van der Waals surface area contributed by atoms with Gasteiger partial charge in [-0.05, 0) is 48.7 Å². The first-order chi connectivity index (χ1) is 10.3. The van der Waals surface area contributed by atoms with Crippen LogP contribution in [0.4, 0.5) is 13.2 Å². The van der Waals surface area contributed by atoms with Crippen LogP contribution in [0.25, 0.3) is 0 Å². The number of rotatable bonds is 5. The van der Waals surface area contributed by atoms with Crippen molar-refractivity contribution in [1.82, 2.24) is 0 Å². The van der Waals surface area contributed by atoms with Crippen molar-refractivity contribution in [3.63, 3.8) is 0 Å². The van der Waals surface area contributed by atoms with E-state index < -0.39 is 11.7 Å². The lowest BCUT2D eigenvalue weighted by molar-refractivity contribution is -0.137. The Morgan fingerprint density at radius 3 is 2.32 bits per heavy atom. The molecule has 0 bridgehead atoms. The number of hydrogen-bond donors (Lipinski definition) is 1. The smallest absolute Gasteiger partial charge is 0.416 e. The molecule has 2 rings (SSSR count). The van der Waals surface area contributed by atoms with E-state index in [-0.39, 0.29) is 12.6 Å². The summed E-state index contributed by atoms with van der Waals surface area (Å²) in [7, 11) is 0. The third-order valence-electron chi connectivity index (χ3n) is 3.14. The van der Waals surface area contributed by atoms with Crippen LogP contribution in [0.15, 0.2) is 48.5 Å². The highest BCUT2D eigenvalue weighted by Gasteiger charge is 2.30. The third kappa shape index (κ3) is 4.77. The summed E-state index contributed by atoms with van der Waals surface area (Å²) in [5.41, 5.74) is 6.64. The van der Waals surface area contributed by atoms with Crippen molar-refractivity contribution >= 4 is 0 Å². The molecule has 0 spiro atoms. The first-order valence-corrected chi connectivity index (χ1v) is 6.98. The Balaban J connectivity index is 1.98. The van der Waals surface area contributed by atoms with Crippen LogP contribution in [-0.4, -0.2) is 6.04 Å². The van der Waals surface area contributed by atoms with Gasteiger partial charge in [-0.1, -0.05) is 24.3 Å². The van der Waals surface area contributed by atoms with Crippen molar-refractivity contribution in [2.75, 3.05) is 0 Å². The zero-order valence-corrected chi connectivity index (χ0v) is 12.2. The predicted octanol–water partition coefficient (Wildman–Crippen LogP) is 4.17. The van der Waals surface area contributed by atoms with Gasteiger partial charge in [0, 0.05) is 6.04 Å². The van der Waals surface area contributed by atoms with Gasteiger partial charge >= 0.3 is 6.18 Å². The molecule has 0 aliphatic carbocycles. The number of hydrogen-bond acceptors (Lipinski definition) is 2. The molecule has 1 atom stereocenters. The van der Waals surface area contributed by atoms with Crippen LogP contribution < -0.4 is 10.5 Å². The zero-order valence-electron chi connectivity index (χ0n) is 12.2. The summed E-state index contributed by atoms with van der Waals surface area (Å²) in [5.74, 6) is 0.617. The lowest BCUT2D eigenvalue weighted by Crippen LogP contribution is -2.17. The first-order valence-electron chi connectivity index (χ1n) is 6.98. The van der Waals surface area contributed by atoms with Crippen LogP contribution in [0.1, 0.15) is 23.6 Å². The molecule has 2 aromatic rings. The van der Waals surface area contributed by atoms with Gasteiger partial charge in [0.15, 0.2) is 0 Å². The van der Waals surface area contributed by atoms with E-state index in [1.54, 1.807) is 18.2 Å². The highest BCUT2D eigenvalue weighted by molar-refractivity contribution is 5.29. The molecule has 0 aromatic heterocycles. The van der Waals surface area contributed by atoms with Gasteiger partial charge in [0.05, 0.1) is 5.56 Å². The van der Waals surface area contributed by atoms with Crippen molar-refractivity contribution in [3.05, 3.63) is 65.2 Å². The van der Waals surface area contributed by atoms with E-state index >= 15 is 0 Å². The quantitative estimate of drug-likeness (QED) is 0.899. The number of benzene rings is 2. The van der Waals surface area contributed by atoms with Gasteiger partial charge in [0.1, 0.15) is 12.4 Å². The molecule has 0 radical (unpaired) electrons. The second-order valence-electron chi connectivity index (χ2n) is 5.31. The highest BCUT2D eigenvalue weighted by Crippen LogP contribution is 2.29. The minimum absolute atomic E-state index is 0.0804. The van der Waals surface area contributed by atoms with Gasteiger partial charge in [-0.3, -0.25) is 0 Å². The average molecular weight is 309 g/mol. The van der Waals surface area contributed by atoms with Gasteiger partial charge in [0.2, 0.25) is 0 Å². The van der Waals surface area contributed by atoms with Gasteiger partial charge in [0.25, 0.3) is 0 Å². The fourth-order valence-corrected chi connectivity index (χ4v) is 2.10. The molecule has 2 nitrogen and oxygen atoms in total. The van der Waals surface area contributed by atoms with Gasteiger partial charge in [-0.15, -0.1) is 0 Å². The largest absolute Gasteiger partial charge is 0.489 e. The van der Waals surface area contributed by atoms with E-state index in [4.69, 9.17) is 10.5 Å². The number of nitrogens with two attached hydrogens (primary N) is 1. The molecule has 0 aliphatic heterocycles. The van der Waals surface area contributed by atoms with Crippen molar-refractivity contribution < 1.29 is 17.9 Å². The summed E-state index contributed by atoms with van der Waals surface area (Å²) in [6.45, 7) is 2.02. The Labute approximate surface area is 127 Å². The Bertz CT molecular complexity index is 606. The molecule has 0 fully saturated rings. The van der Waals surface area contributed by atoms with Crippen LogP contribution in [0.3, 0.4) is 0 Å². The van der Waals surface area contributed by atoms with E-state index in [1.807, 2.05) is 19.1 Å². The van der Waals surface area contributed by atoms with E-state index in [0.29, 0.717) is 11.3 Å². The second kappa shape index (κ2) is 6.83. The van der Waals surface area contributed by atoms with Crippen molar-refractivity contribution in [3.8, 4) is 5.75 Å². The van der Waals surface area contributed by atoms with Crippen LogP contribution in [-0.2, 0) is 19.2 Å². The molecule has 5 heteroatoms. The Hall–Kier alpha value is -2.01. The summed E-state index contributed by atoms with van der Waals surface area (Å²) in [6, 6.07) is 12.6. The van der Waals surface area contributed by atoms with Crippen molar-refractivity contribution in [2.45, 2.75) is 32.2 Å². The van der Waals surface area contributed by atoms with E-state index in [0.717, 1.165) is 24.1 Å². The summed E-state index contributed by atoms with van der Waals surface area (Å²) >= 11 is 0. The third-order valence-corrected chi connectivity index (χ3v) is 3.14.